The van der Waals surface area contributed by atoms with Crippen LogP contribution in [0.1, 0.15) is 16.5 Å². The van der Waals surface area contributed by atoms with Crippen LogP contribution < -0.4 is 0 Å². The fourth-order valence-electron chi connectivity index (χ4n) is 1.12. The molecule has 14 heavy (non-hydrogen) atoms. The van der Waals surface area contributed by atoms with Gasteiger partial charge in [0.2, 0.25) is 0 Å². The highest BCUT2D eigenvalue weighted by atomic mass is 32.1. The fraction of sp³-hybridized carbons (Fsp3) is 0.111. The van der Waals surface area contributed by atoms with E-state index in [4.69, 9.17) is 0 Å². The van der Waals surface area contributed by atoms with E-state index in [1.54, 1.807) is 5.51 Å². The van der Waals surface area contributed by atoms with Crippen molar-refractivity contribution in [2.24, 2.45) is 0 Å². The smallest absolute Gasteiger partial charge is 0.147 e. The average Bonchev–Trinajstić information content (AvgIpc) is 2.70. The molecule has 0 aromatic carbocycles. The number of rotatable bonds is 2. The van der Waals surface area contributed by atoms with Crippen LogP contribution in [0, 0.1) is 5.82 Å². The summed E-state index contributed by atoms with van der Waals surface area (Å²) in [7, 11) is 0. The van der Waals surface area contributed by atoms with Gasteiger partial charge in [-0.05, 0) is 6.07 Å². The van der Waals surface area contributed by atoms with Crippen molar-refractivity contribution >= 4 is 11.3 Å². The molecule has 0 radical (unpaired) electrons. The molecule has 0 aliphatic heterocycles. The number of nitrogens with zero attached hydrogens (tertiary/aromatic N) is 2. The Morgan fingerprint density at radius 2 is 2.21 bits per heavy atom. The van der Waals surface area contributed by atoms with Crippen molar-refractivity contribution in [1.29, 1.82) is 0 Å². The lowest BCUT2D eigenvalue weighted by atomic mass is 10.1. The molecular formula is C9H7FN2OS. The van der Waals surface area contributed by atoms with E-state index in [2.05, 4.69) is 9.97 Å². The van der Waals surface area contributed by atoms with Crippen LogP contribution in [0.25, 0.3) is 0 Å². The first-order chi connectivity index (χ1) is 6.79. The summed E-state index contributed by atoms with van der Waals surface area (Å²) in [4.78, 5) is 8.05. The zero-order chi connectivity index (χ0) is 9.97. The fourth-order valence-corrected chi connectivity index (χ4v) is 1.74. The average molecular weight is 210 g/mol. The lowest BCUT2D eigenvalue weighted by molar-refractivity contribution is 0.218. The van der Waals surface area contributed by atoms with Crippen LogP contribution in [-0.2, 0) is 0 Å². The van der Waals surface area contributed by atoms with Crippen LogP contribution in [0.15, 0.2) is 30.2 Å². The Hall–Kier alpha value is -1.33. The van der Waals surface area contributed by atoms with Crippen molar-refractivity contribution in [1.82, 2.24) is 9.97 Å². The molecule has 1 N–H and O–H groups in total. The van der Waals surface area contributed by atoms with Crippen LogP contribution in [0.5, 0.6) is 0 Å². The van der Waals surface area contributed by atoms with E-state index in [0.717, 1.165) is 6.20 Å². The minimum absolute atomic E-state index is 0.226. The normalized spacial score (nSPS) is 12.7. The van der Waals surface area contributed by atoms with Crippen molar-refractivity contribution < 1.29 is 9.50 Å². The lowest BCUT2D eigenvalue weighted by Gasteiger charge is -2.08. The van der Waals surface area contributed by atoms with E-state index >= 15 is 0 Å². The number of thiazole rings is 1. The second-order valence-corrected chi connectivity index (χ2v) is 3.62. The summed E-state index contributed by atoms with van der Waals surface area (Å²) in [6, 6.07) is 1.46. The quantitative estimate of drug-likeness (QED) is 0.821. The Morgan fingerprint density at radius 1 is 1.36 bits per heavy atom. The summed E-state index contributed by atoms with van der Waals surface area (Å²) in [5.41, 5.74) is 1.82. The molecule has 2 aromatic rings. The predicted molar refractivity (Wildman–Crippen MR) is 50.4 cm³/mol. The van der Waals surface area contributed by atoms with Gasteiger partial charge >= 0.3 is 0 Å². The van der Waals surface area contributed by atoms with Gasteiger partial charge in [0, 0.05) is 18.0 Å². The maximum absolute atomic E-state index is 13.2. The van der Waals surface area contributed by atoms with E-state index < -0.39 is 11.9 Å². The Bertz CT molecular complexity index is 419. The molecule has 0 saturated carbocycles. The Balaban J connectivity index is 2.37. The number of aliphatic hydroxyl groups excluding tert-OH is 1. The third-order valence-corrected chi connectivity index (χ3v) is 2.65. The molecule has 2 heterocycles. The van der Waals surface area contributed by atoms with Crippen LogP contribution in [-0.4, -0.2) is 15.1 Å². The van der Waals surface area contributed by atoms with Crippen LogP contribution in [0.4, 0.5) is 4.39 Å². The molecule has 0 spiro atoms. The van der Waals surface area contributed by atoms with E-state index in [0.29, 0.717) is 4.88 Å². The molecule has 1 unspecified atom stereocenters. The molecule has 1 atom stereocenters. The molecule has 72 valence electrons. The van der Waals surface area contributed by atoms with Crippen molar-refractivity contribution in [3.8, 4) is 0 Å². The van der Waals surface area contributed by atoms with Crippen LogP contribution in [0.3, 0.4) is 0 Å². The monoisotopic (exact) mass is 210 g/mol. The summed E-state index contributed by atoms with van der Waals surface area (Å²) < 4.78 is 13.2. The Morgan fingerprint density at radius 3 is 2.86 bits per heavy atom. The van der Waals surface area contributed by atoms with Crippen molar-refractivity contribution in [2.75, 3.05) is 0 Å². The number of hydrogen-bond acceptors (Lipinski definition) is 4. The predicted octanol–water partition coefficient (Wildman–Crippen LogP) is 1.76. The van der Waals surface area contributed by atoms with Gasteiger partial charge in [-0.1, -0.05) is 0 Å². The molecule has 0 fully saturated rings. The highest BCUT2D eigenvalue weighted by Gasteiger charge is 2.15. The minimum Gasteiger partial charge on any atom is -0.383 e. The van der Waals surface area contributed by atoms with E-state index in [1.807, 2.05) is 0 Å². The third-order valence-electron chi connectivity index (χ3n) is 1.82. The first kappa shape index (κ1) is 9.23. The number of hydrogen-bond donors (Lipinski definition) is 1. The standard InChI is InChI=1S/C9H7FN2OS/c10-7-3-11-2-1-6(7)9(13)8-4-12-5-14-8/h1-5,9,13H. The van der Waals surface area contributed by atoms with Gasteiger partial charge in [0.25, 0.3) is 0 Å². The van der Waals surface area contributed by atoms with Gasteiger partial charge in [0.1, 0.15) is 11.9 Å². The van der Waals surface area contributed by atoms with E-state index in [-0.39, 0.29) is 5.56 Å². The molecule has 2 aromatic heterocycles. The van der Waals surface area contributed by atoms with Crippen molar-refractivity contribution in [3.05, 3.63) is 46.4 Å². The van der Waals surface area contributed by atoms with Crippen molar-refractivity contribution in [2.45, 2.75) is 6.10 Å². The third kappa shape index (κ3) is 1.64. The van der Waals surface area contributed by atoms with Gasteiger partial charge in [-0.3, -0.25) is 9.97 Å². The molecular weight excluding hydrogens is 203 g/mol. The van der Waals surface area contributed by atoms with Gasteiger partial charge in [-0.15, -0.1) is 11.3 Å². The molecule has 0 aliphatic carbocycles. The Kier molecular flexibility index (Phi) is 2.51. The second-order valence-electron chi connectivity index (χ2n) is 2.70. The zero-order valence-electron chi connectivity index (χ0n) is 7.09. The molecule has 2 rings (SSSR count). The molecule has 5 heteroatoms. The zero-order valence-corrected chi connectivity index (χ0v) is 7.91. The highest BCUT2D eigenvalue weighted by Crippen LogP contribution is 2.25. The molecule has 0 aliphatic rings. The van der Waals surface area contributed by atoms with Gasteiger partial charge < -0.3 is 5.11 Å². The van der Waals surface area contributed by atoms with Crippen LogP contribution in [0.2, 0.25) is 0 Å². The number of pyridine rings is 1. The van der Waals surface area contributed by atoms with E-state index in [9.17, 15) is 9.50 Å². The maximum atomic E-state index is 13.2. The molecule has 0 amide bonds. The van der Waals surface area contributed by atoms with Gasteiger partial charge in [0.15, 0.2) is 0 Å². The minimum atomic E-state index is -0.953. The molecule has 0 saturated heterocycles. The summed E-state index contributed by atoms with van der Waals surface area (Å²) in [5.74, 6) is -0.506. The lowest BCUT2D eigenvalue weighted by Crippen LogP contribution is -2.00. The van der Waals surface area contributed by atoms with Crippen LogP contribution >= 0.6 is 11.3 Å². The summed E-state index contributed by atoms with van der Waals surface area (Å²) >= 11 is 1.29. The van der Waals surface area contributed by atoms with Crippen molar-refractivity contribution in [3.63, 3.8) is 0 Å². The summed E-state index contributed by atoms with van der Waals surface area (Å²) in [6.45, 7) is 0. The number of aromatic nitrogens is 2. The van der Waals surface area contributed by atoms with Gasteiger partial charge in [-0.2, -0.15) is 0 Å². The van der Waals surface area contributed by atoms with Gasteiger partial charge in [-0.25, -0.2) is 4.39 Å². The number of aliphatic hydroxyl groups is 1. The number of halogens is 1. The maximum Gasteiger partial charge on any atom is 0.147 e. The van der Waals surface area contributed by atoms with E-state index in [1.165, 1.54) is 29.8 Å². The first-order valence-corrected chi connectivity index (χ1v) is 4.83. The molecule has 3 nitrogen and oxygen atoms in total. The summed E-state index contributed by atoms with van der Waals surface area (Å²) in [5, 5.41) is 9.76. The van der Waals surface area contributed by atoms with Gasteiger partial charge in [0.05, 0.1) is 16.6 Å². The SMILES string of the molecule is OC(c1cncs1)c1ccncc1F. The Labute approximate surface area is 83.9 Å². The summed E-state index contributed by atoms with van der Waals surface area (Å²) in [6.07, 6.45) is 3.10. The highest BCUT2D eigenvalue weighted by molar-refractivity contribution is 7.09. The second kappa shape index (κ2) is 3.81. The first-order valence-electron chi connectivity index (χ1n) is 3.95. The molecule has 0 bridgehead atoms. The topological polar surface area (TPSA) is 46.0 Å². The largest absolute Gasteiger partial charge is 0.383 e.